The number of nitrogens with one attached hydrogen (secondary N) is 1. The van der Waals surface area contributed by atoms with Gasteiger partial charge in [0.05, 0.1) is 12.7 Å². The van der Waals surface area contributed by atoms with Gasteiger partial charge in [-0.1, -0.05) is 0 Å². The van der Waals surface area contributed by atoms with Crippen molar-refractivity contribution in [3.05, 3.63) is 18.0 Å². The summed E-state index contributed by atoms with van der Waals surface area (Å²) in [5.74, 6) is -0.715. The van der Waals surface area contributed by atoms with E-state index in [1.807, 2.05) is 13.8 Å². The number of rotatable bonds is 6. The van der Waals surface area contributed by atoms with E-state index in [2.05, 4.69) is 10.4 Å². The summed E-state index contributed by atoms with van der Waals surface area (Å²) in [5, 5.41) is 6.99. The first-order valence-corrected chi connectivity index (χ1v) is 6.11. The molecule has 19 heavy (non-hydrogen) atoms. The van der Waals surface area contributed by atoms with Crippen molar-refractivity contribution >= 4 is 11.8 Å². The molecule has 106 valence electrons. The summed E-state index contributed by atoms with van der Waals surface area (Å²) in [6, 6.07) is -0.636. The molecule has 0 fully saturated rings. The molecular weight excluding hydrogens is 246 g/mol. The number of hydrogen-bond acceptors (Lipinski definition) is 4. The highest BCUT2D eigenvalue weighted by atomic mass is 16.2. The summed E-state index contributed by atoms with van der Waals surface area (Å²) in [4.78, 5) is 25.0. The van der Waals surface area contributed by atoms with Gasteiger partial charge in [0.25, 0.3) is 0 Å². The van der Waals surface area contributed by atoms with Gasteiger partial charge in [-0.2, -0.15) is 5.10 Å². The fourth-order valence-corrected chi connectivity index (χ4v) is 1.87. The molecule has 0 aliphatic rings. The highest BCUT2D eigenvalue weighted by Crippen LogP contribution is 2.16. The molecule has 1 aromatic rings. The number of nitrogens with zero attached hydrogens (tertiary/aromatic N) is 3. The summed E-state index contributed by atoms with van der Waals surface area (Å²) in [6.45, 7) is 3.60. The minimum atomic E-state index is -0.532. The van der Waals surface area contributed by atoms with Gasteiger partial charge >= 0.3 is 0 Å². The molecular formula is C12H21N5O2. The molecule has 0 radical (unpaired) electrons. The fourth-order valence-electron chi connectivity index (χ4n) is 1.87. The number of nitrogens with two attached hydrogens (primary N) is 1. The monoisotopic (exact) mass is 267 g/mol. The Bertz CT molecular complexity index is 455. The molecule has 7 nitrogen and oxygen atoms in total. The molecule has 0 saturated heterocycles. The molecule has 0 aliphatic carbocycles. The lowest BCUT2D eigenvalue weighted by Gasteiger charge is -2.29. The van der Waals surface area contributed by atoms with Crippen molar-refractivity contribution in [2.75, 3.05) is 13.6 Å². The average molecular weight is 267 g/mol. The molecule has 2 amide bonds. The number of aryl methyl sites for hydroxylation is 1. The summed E-state index contributed by atoms with van der Waals surface area (Å²) in [7, 11) is 3.47. The Labute approximate surface area is 112 Å². The van der Waals surface area contributed by atoms with Crippen molar-refractivity contribution in [2.24, 2.45) is 12.8 Å². The SMILES string of the molecule is CNC(C(=O)N(CC(N)=O)C(C)C)c1cnn(C)c1. The van der Waals surface area contributed by atoms with Crippen LogP contribution in [0.2, 0.25) is 0 Å². The van der Waals surface area contributed by atoms with E-state index in [-0.39, 0.29) is 18.5 Å². The van der Waals surface area contributed by atoms with Gasteiger partial charge in [-0.3, -0.25) is 14.3 Å². The third-order valence-electron chi connectivity index (χ3n) is 2.83. The van der Waals surface area contributed by atoms with E-state index >= 15 is 0 Å². The van der Waals surface area contributed by atoms with Crippen LogP contribution in [-0.2, 0) is 16.6 Å². The second kappa shape index (κ2) is 6.33. The zero-order valence-electron chi connectivity index (χ0n) is 11.8. The fraction of sp³-hybridized carbons (Fsp3) is 0.583. The Kier molecular flexibility index (Phi) is 5.05. The molecule has 0 saturated carbocycles. The first-order valence-electron chi connectivity index (χ1n) is 6.11. The summed E-state index contributed by atoms with van der Waals surface area (Å²) < 4.78 is 1.63. The number of aromatic nitrogens is 2. The maximum atomic E-state index is 12.5. The van der Waals surface area contributed by atoms with Gasteiger partial charge in [0.15, 0.2) is 0 Å². The number of primary amides is 1. The predicted molar refractivity (Wildman–Crippen MR) is 71.1 cm³/mol. The highest BCUT2D eigenvalue weighted by Gasteiger charge is 2.28. The smallest absolute Gasteiger partial charge is 0.245 e. The van der Waals surface area contributed by atoms with Crippen LogP contribution < -0.4 is 11.1 Å². The first kappa shape index (κ1) is 15.2. The van der Waals surface area contributed by atoms with Gasteiger partial charge in [0.1, 0.15) is 6.04 Å². The van der Waals surface area contributed by atoms with E-state index in [0.29, 0.717) is 0 Å². The van der Waals surface area contributed by atoms with Crippen molar-refractivity contribution in [2.45, 2.75) is 25.9 Å². The Hall–Kier alpha value is -1.89. The third kappa shape index (κ3) is 3.78. The molecule has 1 aromatic heterocycles. The number of hydrogen-bond donors (Lipinski definition) is 2. The normalized spacial score (nSPS) is 12.5. The van der Waals surface area contributed by atoms with Gasteiger partial charge in [-0.05, 0) is 20.9 Å². The van der Waals surface area contributed by atoms with Gasteiger partial charge in [0.2, 0.25) is 11.8 Å². The van der Waals surface area contributed by atoms with E-state index in [9.17, 15) is 9.59 Å². The standard InChI is InChI=1S/C12H21N5O2/c1-8(2)17(7-10(13)18)12(19)11(14-3)9-5-15-16(4)6-9/h5-6,8,11,14H,7H2,1-4H3,(H2,13,18). The second-order valence-electron chi connectivity index (χ2n) is 4.70. The van der Waals surface area contributed by atoms with Crippen LogP contribution >= 0.6 is 0 Å². The van der Waals surface area contributed by atoms with Gasteiger partial charge < -0.3 is 16.0 Å². The minimum absolute atomic E-state index is 0.0884. The maximum absolute atomic E-state index is 12.5. The van der Waals surface area contributed by atoms with Crippen LogP contribution in [0.25, 0.3) is 0 Å². The summed E-state index contributed by atoms with van der Waals surface area (Å²) >= 11 is 0. The minimum Gasteiger partial charge on any atom is -0.368 e. The molecule has 1 rings (SSSR count). The molecule has 0 bridgehead atoms. The second-order valence-corrected chi connectivity index (χ2v) is 4.70. The number of amides is 2. The number of carbonyl (C=O) groups excluding carboxylic acids is 2. The van der Waals surface area contributed by atoms with E-state index in [4.69, 9.17) is 5.73 Å². The topological polar surface area (TPSA) is 93.2 Å². The summed E-state index contributed by atoms with van der Waals surface area (Å²) in [5.41, 5.74) is 5.94. The molecule has 0 aromatic carbocycles. The molecule has 0 aliphatic heterocycles. The van der Waals surface area contributed by atoms with E-state index in [0.717, 1.165) is 5.56 Å². The van der Waals surface area contributed by atoms with Crippen LogP contribution in [0, 0.1) is 0 Å². The Morgan fingerprint density at radius 1 is 1.53 bits per heavy atom. The van der Waals surface area contributed by atoms with Gasteiger partial charge in [-0.15, -0.1) is 0 Å². The van der Waals surface area contributed by atoms with Gasteiger partial charge in [0, 0.05) is 24.8 Å². The van der Waals surface area contributed by atoms with Crippen LogP contribution in [0.1, 0.15) is 25.5 Å². The highest BCUT2D eigenvalue weighted by molar-refractivity contribution is 5.87. The molecule has 1 heterocycles. The Balaban J connectivity index is 2.95. The zero-order valence-corrected chi connectivity index (χ0v) is 11.8. The van der Waals surface area contributed by atoms with Crippen LogP contribution in [0.5, 0.6) is 0 Å². The van der Waals surface area contributed by atoms with Crippen molar-refractivity contribution in [3.8, 4) is 0 Å². The van der Waals surface area contributed by atoms with Gasteiger partial charge in [-0.25, -0.2) is 0 Å². The molecule has 1 atom stereocenters. The van der Waals surface area contributed by atoms with Crippen LogP contribution in [0.15, 0.2) is 12.4 Å². The molecule has 3 N–H and O–H groups in total. The Morgan fingerprint density at radius 2 is 2.16 bits per heavy atom. The molecule has 0 spiro atoms. The number of likely N-dealkylation sites (N-methyl/N-ethyl adjacent to an activating group) is 1. The maximum Gasteiger partial charge on any atom is 0.245 e. The van der Waals surface area contributed by atoms with Crippen molar-refractivity contribution in [1.82, 2.24) is 20.0 Å². The lowest BCUT2D eigenvalue weighted by Crippen LogP contribution is -2.47. The van der Waals surface area contributed by atoms with E-state index in [1.54, 1.807) is 31.2 Å². The first-order chi connectivity index (χ1) is 8.86. The lowest BCUT2D eigenvalue weighted by molar-refractivity contribution is -0.138. The Morgan fingerprint density at radius 3 is 2.53 bits per heavy atom. The quantitative estimate of drug-likeness (QED) is 0.720. The molecule has 7 heteroatoms. The lowest BCUT2D eigenvalue weighted by atomic mass is 10.1. The van der Waals surface area contributed by atoms with Crippen molar-refractivity contribution in [3.63, 3.8) is 0 Å². The van der Waals surface area contributed by atoms with Crippen molar-refractivity contribution in [1.29, 1.82) is 0 Å². The average Bonchev–Trinajstić information content (AvgIpc) is 2.73. The number of carbonyl (C=O) groups is 2. The molecule has 1 unspecified atom stereocenters. The van der Waals surface area contributed by atoms with E-state index in [1.165, 1.54) is 4.90 Å². The van der Waals surface area contributed by atoms with E-state index < -0.39 is 11.9 Å². The predicted octanol–water partition coefficient (Wildman–Crippen LogP) is -0.597. The zero-order chi connectivity index (χ0) is 14.6. The van der Waals surface area contributed by atoms with Crippen LogP contribution in [0.3, 0.4) is 0 Å². The van der Waals surface area contributed by atoms with Crippen LogP contribution in [0.4, 0.5) is 0 Å². The van der Waals surface area contributed by atoms with Crippen LogP contribution in [-0.4, -0.2) is 46.1 Å². The largest absolute Gasteiger partial charge is 0.368 e. The van der Waals surface area contributed by atoms with Crippen molar-refractivity contribution < 1.29 is 9.59 Å². The third-order valence-corrected chi connectivity index (χ3v) is 2.83. The summed E-state index contributed by atoms with van der Waals surface area (Å²) in [6.07, 6.45) is 3.39.